The number of halogens is 2. The van der Waals surface area contributed by atoms with Crippen molar-refractivity contribution in [1.82, 2.24) is 5.48 Å². The van der Waals surface area contributed by atoms with Gasteiger partial charge in [-0.05, 0) is 17.7 Å². The molecule has 2 nitrogen and oxygen atoms in total. The quantitative estimate of drug-likeness (QED) is 0.705. The smallest absolute Gasteiger partial charge is 0.0595 e. The zero-order valence-electron chi connectivity index (χ0n) is 5.64. The second kappa shape index (κ2) is 3.93. The van der Waals surface area contributed by atoms with Crippen LogP contribution in [0, 0.1) is 0 Å². The van der Waals surface area contributed by atoms with Crippen LogP contribution < -0.4 is 5.48 Å². The summed E-state index contributed by atoms with van der Waals surface area (Å²) in [6, 6.07) is 5.18. The Morgan fingerprint density at radius 3 is 2.55 bits per heavy atom. The van der Waals surface area contributed by atoms with Crippen molar-refractivity contribution >= 4 is 23.2 Å². The molecule has 2 N–H and O–H groups in total. The molecule has 0 saturated carbocycles. The monoisotopic (exact) mass is 191 g/mol. The van der Waals surface area contributed by atoms with Gasteiger partial charge >= 0.3 is 0 Å². The minimum absolute atomic E-state index is 0.372. The largest absolute Gasteiger partial charge is 0.316 e. The van der Waals surface area contributed by atoms with Gasteiger partial charge < -0.3 is 5.21 Å². The van der Waals surface area contributed by atoms with E-state index in [0.717, 1.165) is 5.56 Å². The van der Waals surface area contributed by atoms with Crippen LogP contribution in [0.2, 0.25) is 10.0 Å². The Balaban J connectivity index is 2.86. The fourth-order valence-electron chi connectivity index (χ4n) is 0.741. The molecule has 1 aromatic rings. The zero-order valence-corrected chi connectivity index (χ0v) is 7.15. The molecule has 0 aliphatic rings. The Labute approximate surface area is 74.7 Å². The van der Waals surface area contributed by atoms with E-state index in [1.807, 2.05) is 5.48 Å². The molecule has 0 heterocycles. The van der Waals surface area contributed by atoms with Gasteiger partial charge in [-0.15, -0.1) is 0 Å². The van der Waals surface area contributed by atoms with Gasteiger partial charge in [-0.2, -0.15) is 0 Å². The molecule has 0 unspecified atom stereocenters. The first-order valence-electron chi connectivity index (χ1n) is 3.05. The molecule has 0 amide bonds. The van der Waals surface area contributed by atoms with Crippen LogP contribution in [0.3, 0.4) is 0 Å². The van der Waals surface area contributed by atoms with Crippen molar-refractivity contribution in [2.45, 2.75) is 6.54 Å². The van der Waals surface area contributed by atoms with E-state index in [9.17, 15) is 0 Å². The Kier molecular flexibility index (Phi) is 3.15. The minimum Gasteiger partial charge on any atom is -0.316 e. The van der Waals surface area contributed by atoms with Crippen LogP contribution in [0.1, 0.15) is 5.56 Å². The van der Waals surface area contributed by atoms with Gasteiger partial charge in [0.05, 0.1) is 10.0 Å². The number of hydrogen-bond acceptors (Lipinski definition) is 2. The maximum atomic E-state index is 8.35. The van der Waals surface area contributed by atoms with Gasteiger partial charge in [-0.25, -0.2) is 5.48 Å². The van der Waals surface area contributed by atoms with Crippen molar-refractivity contribution in [3.05, 3.63) is 33.8 Å². The van der Waals surface area contributed by atoms with E-state index in [0.29, 0.717) is 16.6 Å². The third kappa shape index (κ3) is 2.34. The van der Waals surface area contributed by atoms with Crippen LogP contribution in [0.5, 0.6) is 0 Å². The highest BCUT2D eigenvalue weighted by atomic mass is 35.5. The third-order valence-electron chi connectivity index (χ3n) is 1.27. The third-order valence-corrected chi connectivity index (χ3v) is 2.01. The normalized spacial score (nSPS) is 10.1. The summed E-state index contributed by atoms with van der Waals surface area (Å²) in [5.41, 5.74) is 2.92. The summed E-state index contributed by atoms with van der Waals surface area (Å²) < 4.78 is 0. The SMILES string of the molecule is ONCc1ccc(Cl)c(Cl)c1. The van der Waals surface area contributed by atoms with E-state index in [-0.39, 0.29) is 0 Å². The molecule has 0 fully saturated rings. The molecule has 0 saturated heterocycles. The Bertz CT molecular complexity index is 252. The predicted octanol–water partition coefficient (Wildman–Crippen LogP) is 2.47. The second-order valence-electron chi connectivity index (χ2n) is 2.08. The fraction of sp³-hybridized carbons (Fsp3) is 0.143. The maximum absolute atomic E-state index is 8.35. The Morgan fingerprint density at radius 1 is 1.27 bits per heavy atom. The van der Waals surface area contributed by atoms with Gasteiger partial charge in [0.15, 0.2) is 0 Å². The van der Waals surface area contributed by atoms with Gasteiger partial charge in [0.25, 0.3) is 0 Å². The number of benzene rings is 1. The summed E-state index contributed by atoms with van der Waals surface area (Å²) in [4.78, 5) is 0. The van der Waals surface area contributed by atoms with Crippen LogP contribution in [-0.2, 0) is 6.54 Å². The molecule has 1 aromatic carbocycles. The van der Waals surface area contributed by atoms with E-state index in [1.54, 1.807) is 18.2 Å². The lowest BCUT2D eigenvalue weighted by Crippen LogP contribution is -2.05. The van der Waals surface area contributed by atoms with Crippen molar-refractivity contribution in [2.75, 3.05) is 0 Å². The van der Waals surface area contributed by atoms with Crippen LogP contribution in [0.15, 0.2) is 18.2 Å². The van der Waals surface area contributed by atoms with E-state index < -0.39 is 0 Å². The zero-order chi connectivity index (χ0) is 8.27. The van der Waals surface area contributed by atoms with Crippen LogP contribution >= 0.6 is 23.2 Å². The molecular formula is C7H7Cl2NO. The van der Waals surface area contributed by atoms with Crippen LogP contribution in [0.25, 0.3) is 0 Å². The average molecular weight is 192 g/mol. The molecule has 60 valence electrons. The summed E-state index contributed by atoms with van der Waals surface area (Å²) in [5, 5.41) is 9.37. The van der Waals surface area contributed by atoms with E-state index in [1.165, 1.54) is 0 Å². The highest BCUT2D eigenvalue weighted by Crippen LogP contribution is 2.22. The minimum atomic E-state index is 0.372. The van der Waals surface area contributed by atoms with Gasteiger partial charge in [-0.3, -0.25) is 0 Å². The first-order chi connectivity index (χ1) is 5.24. The fourth-order valence-corrected chi connectivity index (χ4v) is 1.06. The lowest BCUT2D eigenvalue weighted by Gasteiger charge is -2.00. The molecule has 0 aromatic heterocycles. The van der Waals surface area contributed by atoms with Crippen LogP contribution in [0.4, 0.5) is 0 Å². The van der Waals surface area contributed by atoms with Crippen molar-refractivity contribution in [3.63, 3.8) is 0 Å². The second-order valence-corrected chi connectivity index (χ2v) is 2.90. The van der Waals surface area contributed by atoms with Crippen molar-refractivity contribution in [2.24, 2.45) is 0 Å². The summed E-state index contributed by atoms with van der Waals surface area (Å²) >= 11 is 11.4. The summed E-state index contributed by atoms with van der Waals surface area (Å²) in [7, 11) is 0. The van der Waals surface area contributed by atoms with E-state index in [4.69, 9.17) is 28.4 Å². The number of rotatable bonds is 2. The molecule has 0 bridgehead atoms. The standard InChI is InChI=1S/C7H7Cl2NO/c8-6-2-1-5(4-10-11)3-7(6)9/h1-3,10-11H,4H2. The number of hydroxylamine groups is 1. The topological polar surface area (TPSA) is 32.3 Å². The molecule has 0 aliphatic carbocycles. The highest BCUT2D eigenvalue weighted by Gasteiger charge is 1.97. The molecule has 0 spiro atoms. The lowest BCUT2D eigenvalue weighted by molar-refractivity contribution is 0.161. The first kappa shape index (κ1) is 8.81. The molecule has 11 heavy (non-hydrogen) atoms. The average Bonchev–Trinajstić information content (AvgIpc) is 1.98. The van der Waals surface area contributed by atoms with Crippen molar-refractivity contribution < 1.29 is 5.21 Å². The summed E-state index contributed by atoms with van der Waals surface area (Å²) in [6.45, 7) is 0.372. The summed E-state index contributed by atoms with van der Waals surface area (Å²) in [6.07, 6.45) is 0. The predicted molar refractivity (Wildman–Crippen MR) is 45.1 cm³/mol. The first-order valence-corrected chi connectivity index (χ1v) is 3.80. The molecule has 0 radical (unpaired) electrons. The number of hydrogen-bond donors (Lipinski definition) is 2. The maximum Gasteiger partial charge on any atom is 0.0595 e. The van der Waals surface area contributed by atoms with Gasteiger partial charge in [0.1, 0.15) is 0 Å². The molecular weight excluding hydrogens is 185 g/mol. The highest BCUT2D eigenvalue weighted by molar-refractivity contribution is 6.41. The molecule has 4 heteroatoms. The molecule has 0 atom stereocenters. The molecule has 0 aliphatic heterocycles. The molecule has 1 rings (SSSR count). The lowest BCUT2D eigenvalue weighted by atomic mass is 10.2. The Hall–Kier alpha value is -0.280. The van der Waals surface area contributed by atoms with Crippen molar-refractivity contribution in [3.8, 4) is 0 Å². The van der Waals surface area contributed by atoms with E-state index in [2.05, 4.69) is 0 Å². The van der Waals surface area contributed by atoms with Crippen LogP contribution in [-0.4, -0.2) is 5.21 Å². The van der Waals surface area contributed by atoms with E-state index >= 15 is 0 Å². The summed E-state index contributed by atoms with van der Waals surface area (Å²) in [5.74, 6) is 0. The number of nitrogens with one attached hydrogen (secondary N) is 1. The van der Waals surface area contributed by atoms with Crippen molar-refractivity contribution in [1.29, 1.82) is 0 Å². The van der Waals surface area contributed by atoms with Gasteiger partial charge in [0, 0.05) is 6.54 Å². The Morgan fingerprint density at radius 2 is 2.00 bits per heavy atom. The van der Waals surface area contributed by atoms with Gasteiger partial charge in [-0.1, -0.05) is 29.3 Å². The van der Waals surface area contributed by atoms with Gasteiger partial charge in [0.2, 0.25) is 0 Å².